The van der Waals surface area contributed by atoms with Gasteiger partial charge in [-0.25, -0.2) is 0 Å². The van der Waals surface area contributed by atoms with Gasteiger partial charge in [0.2, 0.25) is 5.91 Å². The highest BCUT2D eigenvalue weighted by Gasteiger charge is 2.52. The van der Waals surface area contributed by atoms with Crippen molar-refractivity contribution in [3.63, 3.8) is 0 Å². The van der Waals surface area contributed by atoms with Crippen molar-refractivity contribution in [1.82, 2.24) is 9.80 Å². The maximum atomic E-state index is 11.8. The largest absolute Gasteiger partial charge is 0.372 e. The smallest absolute Gasteiger partial charge is 0.222 e. The third-order valence-corrected chi connectivity index (χ3v) is 6.22. The summed E-state index contributed by atoms with van der Waals surface area (Å²) < 4.78 is 6.15. The Labute approximate surface area is 148 Å². The van der Waals surface area contributed by atoms with Crippen LogP contribution in [0, 0.1) is 5.92 Å². The van der Waals surface area contributed by atoms with Crippen LogP contribution in [0.3, 0.4) is 0 Å². The molecule has 0 N–H and O–H groups in total. The molecule has 1 atom stereocenters. The monoisotopic (exact) mass is 348 g/mol. The van der Waals surface area contributed by atoms with E-state index in [0.717, 1.165) is 70.0 Å². The second-order valence-corrected chi connectivity index (χ2v) is 7.82. The highest BCUT2D eigenvalue weighted by atomic mass is 35.5. The van der Waals surface area contributed by atoms with Crippen molar-refractivity contribution in [2.24, 2.45) is 5.92 Å². The molecule has 1 unspecified atom stereocenters. The number of likely N-dealkylation sites (tertiary alicyclic amines) is 2. The Bertz CT molecular complexity index is 615. The van der Waals surface area contributed by atoms with Gasteiger partial charge in [0.1, 0.15) is 0 Å². The number of rotatable bonds is 5. The van der Waals surface area contributed by atoms with E-state index in [9.17, 15) is 4.79 Å². The first kappa shape index (κ1) is 16.4. The Morgan fingerprint density at radius 1 is 1.29 bits per heavy atom. The van der Waals surface area contributed by atoms with E-state index in [4.69, 9.17) is 16.3 Å². The van der Waals surface area contributed by atoms with Crippen LogP contribution in [0.5, 0.6) is 0 Å². The fourth-order valence-electron chi connectivity index (χ4n) is 4.48. The highest BCUT2D eigenvalue weighted by molar-refractivity contribution is 6.31. The van der Waals surface area contributed by atoms with Crippen LogP contribution >= 0.6 is 11.6 Å². The van der Waals surface area contributed by atoms with Gasteiger partial charge >= 0.3 is 0 Å². The molecule has 0 aromatic heterocycles. The molecule has 1 aromatic rings. The zero-order valence-corrected chi connectivity index (χ0v) is 14.8. The molecule has 3 aliphatic rings. The summed E-state index contributed by atoms with van der Waals surface area (Å²) in [5, 5.41) is 0.842. The van der Waals surface area contributed by atoms with Crippen LogP contribution < -0.4 is 0 Å². The summed E-state index contributed by atoms with van der Waals surface area (Å²) in [7, 11) is 0. The Morgan fingerprint density at radius 2 is 2.12 bits per heavy atom. The second-order valence-electron chi connectivity index (χ2n) is 7.41. The number of ether oxygens (including phenoxy) is 1. The number of carbonyl (C=O) groups is 1. The standard InChI is InChI=1S/C19H25ClN2O2/c20-17-5-2-1-4-15(17)12-21-13-19(14-21)16(8-11-24-19)7-10-22-9-3-6-18(22)23/h1-2,4-5,16H,3,6-14H2. The van der Waals surface area contributed by atoms with Gasteiger partial charge in [0.05, 0.1) is 5.60 Å². The fourth-order valence-corrected chi connectivity index (χ4v) is 4.68. The van der Waals surface area contributed by atoms with Crippen LogP contribution in [0.2, 0.25) is 5.02 Å². The molecule has 4 rings (SSSR count). The van der Waals surface area contributed by atoms with E-state index in [1.54, 1.807) is 0 Å². The molecule has 5 heteroatoms. The minimum absolute atomic E-state index is 0.0179. The van der Waals surface area contributed by atoms with E-state index < -0.39 is 0 Å². The van der Waals surface area contributed by atoms with Crippen molar-refractivity contribution >= 4 is 17.5 Å². The lowest BCUT2D eigenvalue weighted by Gasteiger charge is -2.50. The van der Waals surface area contributed by atoms with Crippen molar-refractivity contribution in [3.8, 4) is 0 Å². The van der Waals surface area contributed by atoms with Gasteiger partial charge in [-0.3, -0.25) is 9.69 Å². The predicted molar refractivity (Wildman–Crippen MR) is 94.0 cm³/mol. The number of hydrogen-bond acceptors (Lipinski definition) is 3. The lowest BCUT2D eigenvalue weighted by Crippen LogP contribution is -2.64. The molecule has 1 amide bonds. The molecule has 3 heterocycles. The SMILES string of the molecule is O=C1CCCN1CCC1CCOC12CN(Cc1ccccc1Cl)C2. The maximum Gasteiger partial charge on any atom is 0.222 e. The summed E-state index contributed by atoms with van der Waals surface area (Å²) in [6, 6.07) is 8.06. The first-order valence-corrected chi connectivity index (χ1v) is 9.42. The van der Waals surface area contributed by atoms with Crippen LogP contribution in [0.25, 0.3) is 0 Å². The van der Waals surface area contributed by atoms with E-state index in [1.165, 1.54) is 5.56 Å². The molecular weight excluding hydrogens is 324 g/mol. The van der Waals surface area contributed by atoms with Crippen LogP contribution in [-0.2, 0) is 16.1 Å². The minimum atomic E-state index is 0.0179. The molecule has 0 aliphatic carbocycles. The molecule has 130 valence electrons. The number of nitrogens with zero attached hydrogens (tertiary/aromatic N) is 2. The molecule has 1 aromatic carbocycles. The van der Waals surface area contributed by atoms with Gasteiger partial charge in [-0.15, -0.1) is 0 Å². The van der Waals surface area contributed by atoms with Gasteiger partial charge in [-0.2, -0.15) is 0 Å². The first-order chi connectivity index (χ1) is 11.7. The summed E-state index contributed by atoms with van der Waals surface area (Å²) in [4.78, 5) is 16.2. The molecule has 0 radical (unpaired) electrons. The Kier molecular flexibility index (Phi) is 4.54. The molecular formula is C19H25ClN2O2. The van der Waals surface area contributed by atoms with Crippen molar-refractivity contribution < 1.29 is 9.53 Å². The summed E-state index contributed by atoms with van der Waals surface area (Å²) in [6.45, 7) is 5.56. The minimum Gasteiger partial charge on any atom is -0.372 e. The number of amides is 1. The third-order valence-electron chi connectivity index (χ3n) is 5.85. The molecule has 1 spiro atoms. The van der Waals surface area contributed by atoms with Gasteiger partial charge in [0.25, 0.3) is 0 Å². The van der Waals surface area contributed by atoms with Gasteiger partial charge in [0.15, 0.2) is 0 Å². The highest BCUT2D eigenvalue weighted by Crippen LogP contribution is 2.42. The van der Waals surface area contributed by atoms with Crippen molar-refractivity contribution in [3.05, 3.63) is 34.9 Å². The van der Waals surface area contributed by atoms with Gasteiger partial charge in [0, 0.05) is 50.8 Å². The molecule has 4 nitrogen and oxygen atoms in total. The third kappa shape index (κ3) is 3.07. The molecule has 0 bridgehead atoms. The van der Waals surface area contributed by atoms with E-state index in [-0.39, 0.29) is 5.60 Å². The number of carbonyl (C=O) groups excluding carboxylic acids is 1. The maximum absolute atomic E-state index is 11.8. The average Bonchev–Trinajstić information content (AvgIpc) is 3.13. The van der Waals surface area contributed by atoms with Crippen LogP contribution in [-0.4, -0.2) is 54.1 Å². The van der Waals surface area contributed by atoms with Crippen LogP contribution in [0.15, 0.2) is 24.3 Å². The van der Waals surface area contributed by atoms with E-state index in [0.29, 0.717) is 11.8 Å². The van der Waals surface area contributed by atoms with Crippen LogP contribution in [0.4, 0.5) is 0 Å². The van der Waals surface area contributed by atoms with Crippen molar-refractivity contribution in [2.75, 3.05) is 32.8 Å². The molecule has 24 heavy (non-hydrogen) atoms. The number of benzene rings is 1. The quantitative estimate of drug-likeness (QED) is 0.820. The zero-order valence-electron chi connectivity index (χ0n) is 14.0. The molecule has 0 saturated carbocycles. The average molecular weight is 349 g/mol. The van der Waals surface area contributed by atoms with E-state index in [2.05, 4.69) is 11.0 Å². The Hall–Kier alpha value is -1.10. The summed E-state index contributed by atoms with van der Waals surface area (Å²) >= 11 is 6.27. The zero-order chi connectivity index (χ0) is 16.6. The second kappa shape index (κ2) is 6.66. The molecule has 3 fully saturated rings. The lowest BCUT2D eigenvalue weighted by molar-refractivity contribution is -0.139. The lowest BCUT2D eigenvalue weighted by atomic mass is 9.78. The fraction of sp³-hybridized carbons (Fsp3) is 0.632. The van der Waals surface area contributed by atoms with Gasteiger partial charge < -0.3 is 9.64 Å². The normalized spacial score (nSPS) is 26.3. The number of halogens is 1. The predicted octanol–water partition coefficient (Wildman–Crippen LogP) is 2.94. The molecule has 3 aliphatic heterocycles. The van der Waals surface area contributed by atoms with Gasteiger partial charge in [-0.05, 0) is 36.8 Å². The summed E-state index contributed by atoms with van der Waals surface area (Å²) in [5.74, 6) is 0.908. The summed E-state index contributed by atoms with van der Waals surface area (Å²) in [5.41, 5.74) is 1.20. The Balaban J connectivity index is 1.31. The van der Waals surface area contributed by atoms with Crippen molar-refractivity contribution in [1.29, 1.82) is 0 Å². The van der Waals surface area contributed by atoms with Crippen molar-refractivity contribution in [2.45, 2.75) is 37.8 Å². The van der Waals surface area contributed by atoms with E-state index >= 15 is 0 Å². The topological polar surface area (TPSA) is 32.8 Å². The number of hydrogen-bond donors (Lipinski definition) is 0. The van der Waals surface area contributed by atoms with E-state index in [1.807, 2.05) is 23.1 Å². The first-order valence-electron chi connectivity index (χ1n) is 9.04. The Morgan fingerprint density at radius 3 is 2.88 bits per heavy atom. The van der Waals surface area contributed by atoms with Crippen LogP contribution in [0.1, 0.15) is 31.2 Å². The molecule has 3 saturated heterocycles. The van der Waals surface area contributed by atoms with Gasteiger partial charge in [-0.1, -0.05) is 29.8 Å². The summed E-state index contributed by atoms with van der Waals surface area (Å²) in [6.07, 6.45) is 3.96.